The lowest BCUT2D eigenvalue weighted by atomic mass is 9.86. The van der Waals surface area contributed by atoms with E-state index >= 15 is 0 Å². The Kier molecular flexibility index (Phi) is 8.00. The van der Waals surface area contributed by atoms with Crippen LogP contribution >= 0.6 is 0 Å². The smallest absolute Gasteiger partial charge is 0.130 e. The van der Waals surface area contributed by atoms with Crippen LogP contribution in [0.1, 0.15) is 37.3 Å². The number of aromatic hydroxyl groups is 1. The van der Waals surface area contributed by atoms with E-state index < -0.39 is 0 Å². The lowest BCUT2D eigenvalue weighted by molar-refractivity contribution is 0.292. The van der Waals surface area contributed by atoms with Gasteiger partial charge in [0.2, 0.25) is 0 Å². The predicted octanol–water partition coefficient (Wildman–Crippen LogP) is 4.34. The number of hydrogen-bond acceptors (Lipinski definition) is 5. The molecule has 0 saturated carbocycles. The molecular formula is C23H34N2O3. The molecule has 0 saturated heterocycles. The minimum absolute atomic E-state index is 0.0256. The summed E-state index contributed by atoms with van der Waals surface area (Å²) in [7, 11) is 7.29. The quantitative estimate of drug-likeness (QED) is 0.658. The molecule has 2 rings (SSSR count). The molecule has 0 aliphatic rings. The van der Waals surface area contributed by atoms with Crippen molar-refractivity contribution in [1.82, 2.24) is 4.90 Å². The zero-order valence-corrected chi connectivity index (χ0v) is 18.0. The largest absolute Gasteiger partial charge is 0.507 e. The van der Waals surface area contributed by atoms with Gasteiger partial charge in [-0.3, -0.25) is 0 Å². The standard InChI is InChI=1S/C23H34N2O3/c1-7-25(8-2)14-13-20(17-9-11-18(12-10-17)24(3)4)23-21(26)15-19(27-5)16-22(23)28-6/h9-12,15-16,20,26H,7-8,13-14H2,1-6H3. The first kappa shape index (κ1) is 21.9. The van der Waals surface area contributed by atoms with Crippen LogP contribution in [0.3, 0.4) is 0 Å². The number of hydrogen-bond donors (Lipinski definition) is 1. The van der Waals surface area contributed by atoms with Crippen LogP contribution in [0.15, 0.2) is 36.4 Å². The molecule has 1 N–H and O–H groups in total. The zero-order valence-electron chi connectivity index (χ0n) is 18.0. The van der Waals surface area contributed by atoms with Gasteiger partial charge in [0.25, 0.3) is 0 Å². The SMILES string of the molecule is CCN(CC)CCC(c1ccc(N(C)C)cc1)c1c(O)cc(OC)cc1OC. The van der Waals surface area contributed by atoms with Gasteiger partial charge in [-0.1, -0.05) is 26.0 Å². The lowest BCUT2D eigenvalue weighted by Crippen LogP contribution is -2.25. The van der Waals surface area contributed by atoms with Crippen molar-refractivity contribution in [2.45, 2.75) is 26.2 Å². The van der Waals surface area contributed by atoms with Gasteiger partial charge in [-0.05, 0) is 43.8 Å². The second-order valence-corrected chi connectivity index (χ2v) is 7.12. The van der Waals surface area contributed by atoms with Crippen molar-refractivity contribution >= 4 is 5.69 Å². The van der Waals surface area contributed by atoms with E-state index in [1.807, 2.05) is 20.2 Å². The molecule has 1 unspecified atom stereocenters. The Hall–Kier alpha value is -2.40. The summed E-state index contributed by atoms with van der Waals surface area (Å²) in [5.74, 6) is 1.47. The van der Waals surface area contributed by atoms with E-state index in [-0.39, 0.29) is 11.7 Å². The fourth-order valence-electron chi connectivity index (χ4n) is 3.56. The van der Waals surface area contributed by atoms with Crippen molar-refractivity contribution in [3.8, 4) is 17.2 Å². The Morgan fingerprint density at radius 2 is 1.61 bits per heavy atom. The highest BCUT2D eigenvalue weighted by molar-refractivity contribution is 5.56. The van der Waals surface area contributed by atoms with Crippen LogP contribution in [-0.2, 0) is 0 Å². The zero-order chi connectivity index (χ0) is 20.7. The Labute approximate surface area is 169 Å². The Morgan fingerprint density at radius 1 is 0.964 bits per heavy atom. The van der Waals surface area contributed by atoms with E-state index in [1.54, 1.807) is 20.3 Å². The molecule has 1 atom stereocenters. The summed E-state index contributed by atoms with van der Waals surface area (Å²) in [6.45, 7) is 7.32. The summed E-state index contributed by atoms with van der Waals surface area (Å²) < 4.78 is 10.9. The van der Waals surface area contributed by atoms with Crippen LogP contribution in [0.2, 0.25) is 0 Å². The molecule has 0 spiro atoms. The van der Waals surface area contributed by atoms with Crippen LogP contribution in [0, 0.1) is 0 Å². The van der Waals surface area contributed by atoms with Crippen LogP contribution in [-0.4, -0.2) is 58.0 Å². The monoisotopic (exact) mass is 386 g/mol. The maximum atomic E-state index is 10.8. The van der Waals surface area contributed by atoms with Gasteiger partial charge in [-0.25, -0.2) is 0 Å². The van der Waals surface area contributed by atoms with Crippen molar-refractivity contribution in [3.05, 3.63) is 47.5 Å². The maximum absolute atomic E-state index is 10.8. The summed E-state index contributed by atoms with van der Waals surface area (Å²) in [6.07, 6.45) is 0.888. The van der Waals surface area contributed by atoms with E-state index in [0.717, 1.165) is 42.9 Å². The van der Waals surface area contributed by atoms with E-state index in [9.17, 15) is 5.11 Å². The highest BCUT2D eigenvalue weighted by Gasteiger charge is 2.24. The molecule has 0 aliphatic heterocycles. The van der Waals surface area contributed by atoms with Crippen LogP contribution in [0.4, 0.5) is 5.69 Å². The maximum Gasteiger partial charge on any atom is 0.130 e. The highest BCUT2D eigenvalue weighted by Crippen LogP contribution is 2.43. The molecule has 0 radical (unpaired) electrons. The number of benzene rings is 2. The number of rotatable bonds is 10. The van der Waals surface area contributed by atoms with Crippen LogP contribution in [0.25, 0.3) is 0 Å². The normalized spacial score (nSPS) is 12.1. The summed E-state index contributed by atoms with van der Waals surface area (Å²) >= 11 is 0. The molecule has 154 valence electrons. The van der Waals surface area contributed by atoms with Gasteiger partial charge in [-0.2, -0.15) is 0 Å². The molecule has 0 amide bonds. The van der Waals surface area contributed by atoms with Gasteiger partial charge >= 0.3 is 0 Å². The molecule has 2 aromatic carbocycles. The van der Waals surface area contributed by atoms with Gasteiger partial charge in [0.1, 0.15) is 17.2 Å². The minimum atomic E-state index is 0.0256. The molecule has 0 bridgehead atoms. The van der Waals surface area contributed by atoms with E-state index in [1.165, 1.54) is 0 Å². The minimum Gasteiger partial charge on any atom is -0.507 e. The summed E-state index contributed by atoms with van der Waals surface area (Å²) in [4.78, 5) is 4.48. The van der Waals surface area contributed by atoms with Gasteiger partial charge < -0.3 is 24.4 Å². The summed E-state index contributed by atoms with van der Waals surface area (Å²) in [5, 5.41) is 10.8. The number of phenolic OH excluding ortho intramolecular Hbond substituents is 1. The second-order valence-electron chi connectivity index (χ2n) is 7.12. The number of ether oxygens (including phenoxy) is 2. The van der Waals surface area contributed by atoms with Crippen molar-refractivity contribution in [2.24, 2.45) is 0 Å². The third kappa shape index (κ3) is 5.10. The van der Waals surface area contributed by atoms with Crippen molar-refractivity contribution in [3.63, 3.8) is 0 Å². The lowest BCUT2D eigenvalue weighted by Gasteiger charge is -2.26. The Morgan fingerprint density at radius 3 is 2.11 bits per heavy atom. The molecule has 0 aliphatic carbocycles. The first-order valence-corrected chi connectivity index (χ1v) is 9.89. The average Bonchev–Trinajstić information content (AvgIpc) is 2.71. The fraction of sp³-hybridized carbons (Fsp3) is 0.478. The number of anilines is 1. The van der Waals surface area contributed by atoms with Gasteiger partial charge in [-0.15, -0.1) is 0 Å². The number of nitrogens with zero attached hydrogens (tertiary/aromatic N) is 2. The van der Waals surface area contributed by atoms with Crippen molar-refractivity contribution < 1.29 is 14.6 Å². The van der Waals surface area contributed by atoms with E-state index in [0.29, 0.717) is 11.5 Å². The molecular weight excluding hydrogens is 352 g/mol. The van der Waals surface area contributed by atoms with Gasteiger partial charge in [0, 0.05) is 43.4 Å². The predicted molar refractivity (Wildman–Crippen MR) is 116 cm³/mol. The third-order valence-electron chi connectivity index (χ3n) is 5.34. The highest BCUT2D eigenvalue weighted by atomic mass is 16.5. The topological polar surface area (TPSA) is 45.2 Å². The fourth-order valence-corrected chi connectivity index (χ4v) is 3.56. The first-order chi connectivity index (χ1) is 13.4. The molecule has 0 aromatic heterocycles. The molecule has 0 fully saturated rings. The van der Waals surface area contributed by atoms with Crippen LogP contribution < -0.4 is 14.4 Å². The van der Waals surface area contributed by atoms with E-state index in [4.69, 9.17) is 9.47 Å². The first-order valence-electron chi connectivity index (χ1n) is 9.89. The molecule has 2 aromatic rings. The number of methoxy groups -OCH3 is 2. The summed E-state index contributed by atoms with van der Waals surface area (Å²) in [6, 6.07) is 12.0. The van der Waals surface area contributed by atoms with E-state index in [2.05, 4.69) is 47.9 Å². The Bertz CT molecular complexity index is 740. The van der Waals surface area contributed by atoms with Crippen molar-refractivity contribution in [2.75, 3.05) is 52.8 Å². The molecule has 5 heteroatoms. The Balaban J connectivity index is 2.49. The average molecular weight is 387 g/mol. The third-order valence-corrected chi connectivity index (χ3v) is 5.34. The number of phenols is 1. The molecule has 5 nitrogen and oxygen atoms in total. The van der Waals surface area contributed by atoms with Gasteiger partial charge in [0.05, 0.1) is 14.2 Å². The van der Waals surface area contributed by atoms with Crippen molar-refractivity contribution in [1.29, 1.82) is 0 Å². The molecule has 28 heavy (non-hydrogen) atoms. The summed E-state index contributed by atoms with van der Waals surface area (Å²) in [5.41, 5.74) is 3.13. The van der Waals surface area contributed by atoms with Gasteiger partial charge in [0.15, 0.2) is 0 Å². The molecule has 0 heterocycles. The van der Waals surface area contributed by atoms with Crippen LogP contribution in [0.5, 0.6) is 17.2 Å². The second kappa shape index (κ2) is 10.2.